The first-order chi connectivity index (χ1) is 10.9. The molecule has 0 aliphatic carbocycles. The Bertz CT molecular complexity index is 707. The van der Waals surface area contributed by atoms with Gasteiger partial charge in [0.2, 0.25) is 0 Å². The lowest BCUT2D eigenvalue weighted by Crippen LogP contribution is -2.19. The molecule has 1 aromatic carbocycles. The van der Waals surface area contributed by atoms with Crippen molar-refractivity contribution in [1.29, 1.82) is 0 Å². The Morgan fingerprint density at radius 3 is 2.95 bits per heavy atom. The zero-order chi connectivity index (χ0) is 15.2. The van der Waals surface area contributed by atoms with Gasteiger partial charge in [-0.1, -0.05) is 19.1 Å². The molecule has 114 valence electrons. The molecule has 3 rings (SSSR count). The molecule has 3 aromatic rings. The van der Waals surface area contributed by atoms with E-state index in [1.54, 1.807) is 11.3 Å². The van der Waals surface area contributed by atoms with Crippen LogP contribution in [0.3, 0.4) is 0 Å². The molecule has 4 heteroatoms. The number of hydrogen-bond donors (Lipinski definition) is 1. The van der Waals surface area contributed by atoms with Crippen LogP contribution in [0.1, 0.15) is 24.3 Å². The van der Waals surface area contributed by atoms with Gasteiger partial charge in [0.25, 0.3) is 0 Å². The average Bonchev–Trinajstić information content (AvgIpc) is 3.09. The van der Waals surface area contributed by atoms with Crippen molar-refractivity contribution in [3.8, 4) is 5.75 Å². The summed E-state index contributed by atoms with van der Waals surface area (Å²) >= 11 is 1.75. The van der Waals surface area contributed by atoms with E-state index < -0.39 is 0 Å². The summed E-state index contributed by atoms with van der Waals surface area (Å²) in [6, 6.07) is 14.3. The van der Waals surface area contributed by atoms with Crippen LogP contribution in [0.4, 0.5) is 0 Å². The third kappa shape index (κ3) is 3.46. The number of nitrogens with zero attached hydrogens (tertiary/aromatic N) is 1. The minimum atomic E-state index is 0.0739. The second kappa shape index (κ2) is 7.38. The van der Waals surface area contributed by atoms with Crippen LogP contribution in [0.5, 0.6) is 5.75 Å². The summed E-state index contributed by atoms with van der Waals surface area (Å²) in [4.78, 5) is 5.66. The minimum Gasteiger partial charge on any atom is -0.484 e. The zero-order valence-electron chi connectivity index (χ0n) is 12.7. The third-order valence-corrected chi connectivity index (χ3v) is 4.53. The molecule has 22 heavy (non-hydrogen) atoms. The summed E-state index contributed by atoms with van der Waals surface area (Å²) in [5, 5.41) is 6.54. The number of nitrogens with one attached hydrogen (secondary N) is 1. The predicted molar refractivity (Wildman–Crippen MR) is 92.6 cm³/mol. The SMILES string of the molecule is CCNCC[C@H](Oc1cccc2ncccc12)c1cccs1. The largest absolute Gasteiger partial charge is 0.484 e. The van der Waals surface area contributed by atoms with Gasteiger partial charge >= 0.3 is 0 Å². The lowest BCUT2D eigenvalue weighted by Gasteiger charge is -2.19. The quantitative estimate of drug-likeness (QED) is 0.656. The molecule has 0 spiro atoms. The molecule has 0 amide bonds. The van der Waals surface area contributed by atoms with Crippen molar-refractivity contribution in [3.05, 3.63) is 58.9 Å². The lowest BCUT2D eigenvalue weighted by atomic mass is 10.1. The molecule has 0 aliphatic heterocycles. The van der Waals surface area contributed by atoms with Gasteiger partial charge in [-0.15, -0.1) is 11.3 Å². The maximum absolute atomic E-state index is 6.35. The molecule has 0 bridgehead atoms. The molecule has 1 atom stereocenters. The van der Waals surface area contributed by atoms with Gasteiger partial charge in [0.05, 0.1) is 5.52 Å². The van der Waals surface area contributed by atoms with E-state index in [-0.39, 0.29) is 6.10 Å². The summed E-state index contributed by atoms with van der Waals surface area (Å²) < 4.78 is 6.35. The van der Waals surface area contributed by atoms with Crippen molar-refractivity contribution >= 4 is 22.2 Å². The topological polar surface area (TPSA) is 34.1 Å². The monoisotopic (exact) mass is 312 g/mol. The number of hydrogen-bond acceptors (Lipinski definition) is 4. The van der Waals surface area contributed by atoms with E-state index in [2.05, 4.69) is 40.8 Å². The minimum absolute atomic E-state index is 0.0739. The Morgan fingerprint density at radius 2 is 2.14 bits per heavy atom. The number of thiophene rings is 1. The van der Waals surface area contributed by atoms with Gasteiger partial charge in [0.1, 0.15) is 11.9 Å². The molecule has 0 aliphatic rings. The highest BCUT2D eigenvalue weighted by molar-refractivity contribution is 7.10. The number of aromatic nitrogens is 1. The first-order valence-electron chi connectivity index (χ1n) is 7.63. The molecule has 2 heterocycles. The molecule has 2 aromatic heterocycles. The van der Waals surface area contributed by atoms with E-state index >= 15 is 0 Å². The Kier molecular flexibility index (Phi) is 5.03. The van der Waals surface area contributed by atoms with Crippen molar-refractivity contribution in [1.82, 2.24) is 10.3 Å². The molecular formula is C18H20N2OS. The van der Waals surface area contributed by atoms with Gasteiger partial charge < -0.3 is 10.1 Å². The molecule has 0 fully saturated rings. The molecule has 0 radical (unpaired) electrons. The van der Waals surface area contributed by atoms with Crippen molar-refractivity contribution in [2.24, 2.45) is 0 Å². The van der Waals surface area contributed by atoms with E-state index in [0.717, 1.165) is 36.2 Å². The van der Waals surface area contributed by atoms with E-state index in [1.165, 1.54) is 4.88 Å². The fraction of sp³-hybridized carbons (Fsp3) is 0.278. The number of benzene rings is 1. The normalized spacial score (nSPS) is 12.4. The van der Waals surface area contributed by atoms with Gasteiger partial charge in [0.15, 0.2) is 0 Å². The number of pyridine rings is 1. The van der Waals surface area contributed by atoms with Crippen LogP contribution in [-0.2, 0) is 0 Å². The molecule has 0 saturated heterocycles. The second-order valence-corrected chi connectivity index (χ2v) is 6.07. The van der Waals surface area contributed by atoms with Gasteiger partial charge in [0, 0.05) is 22.9 Å². The van der Waals surface area contributed by atoms with Gasteiger partial charge in [-0.05, 0) is 48.8 Å². The lowest BCUT2D eigenvalue weighted by molar-refractivity contribution is 0.200. The van der Waals surface area contributed by atoms with Crippen LogP contribution in [0.15, 0.2) is 54.0 Å². The average molecular weight is 312 g/mol. The van der Waals surface area contributed by atoms with E-state index in [4.69, 9.17) is 4.74 Å². The standard InChI is InChI=1S/C18H20N2OS/c1-2-19-12-10-17(18-9-5-13-22-18)21-16-8-3-7-15-14(16)6-4-11-20-15/h3-9,11,13,17,19H,2,10,12H2,1H3/t17-/m0/s1. The van der Waals surface area contributed by atoms with Crippen LogP contribution in [0, 0.1) is 0 Å². The van der Waals surface area contributed by atoms with Crippen molar-refractivity contribution in [2.45, 2.75) is 19.4 Å². The predicted octanol–water partition coefficient (Wildman–Crippen LogP) is 4.42. The maximum Gasteiger partial charge on any atom is 0.134 e. The van der Waals surface area contributed by atoms with Crippen LogP contribution in [0.2, 0.25) is 0 Å². The summed E-state index contributed by atoms with van der Waals surface area (Å²) in [5.41, 5.74) is 0.969. The van der Waals surface area contributed by atoms with Crippen molar-refractivity contribution in [3.63, 3.8) is 0 Å². The molecule has 1 N–H and O–H groups in total. The van der Waals surface area contributed by atoms with Crippen LogP contribution in [0.25, 0.3) is 10.9 Å². The highest BCUT2D eigenvalue weighted by Crippen LogP contribution is 2.31. The number of ether oxygens (including phenoxy) is 1. The van der Waals surface area contributed by atoms with E-state index in [9.17, 15) is 0 Å². The molecular weight excluding hydrogens is 292 g/mol. The summed E-state index contributed by atoms with van der Waals surface area (Å²) in [7, 11) is 0. The Morgan fingerprint density at radius 1 is 1.18 bits per heavy atom. The van der Waals surface area contributed by atoms with Gasteiger partial charge in [-0.3, -0.25) is 4.98 Å². The fourth-order valence-electron chi connectivity index (χ4n) is 2.47. The van der Waals surface area contributed by atoms with Gasteiger partial charge in [-0.2, -0.15) is 0 Å². The third-order valence-electron chi connectivity index (χ3n) is 3.57. The molecule has 0 saturated carbocycles. The molecule has 0 unspecified atom stereocenters. The van der Waals surface area contributed by atoms with Gasteiger partial charge in [-0.25, -0.2) is 0 Å². The first kappa shape index (κ1) is 15.0. The Hall–Kier alpha value is -1.91. The van der Waals surface area contributed by atoms with E-state index in [0.29, 0.717) is 0 Å². The van der Waals surface area contributed by atoms with Crippen LogP contribution < -0.4 is 10.1 Å². The fourth-order valence-corrected chi connectivity index (χ4v) is 3.26. The summed E-state index contributed by atoms with van der Waals surface area (Å²) in [5.74, 6) is 0.903. The van der Waals surface area contributed by atoms with Crippen LogP contribution in [-0.4, -0.2) is 18.1 Å². The highest BCUT2D eigenvalue weighted by Gasteiger charge is 2.15. The summed E-state index contributed by atoms with van der Waals surface area (Å²) in [6.45, 7) is 4.05. The number of fused-ring (bicyclic) bond motifs is 1. The van der Waals surface area contributed by atoms with E-state index in [1.807, 2.05) is 30.5 Å². The molecule has 3 nitrogen and oxygen atoms in total. The maximum atomic E-state index is 6.35. The van der Waals surface area contributed by atoms with Crippen molar-refractivity contribution in [2.75, 3.05) is 13.1 Å². The Labute approximate surface area is 135 Å². The second-order valence-electron chi connectivity index (χ2n) is 5.09. The summed E-state index contributed by atoms with van der Waals surface area (Å²) in [6.07, 6.45) is 2.84. The highest BCUT2D eigenvalue weighted by atomic mass is 32.1. The number of rotatable bonds is 7. The first-order valence-corrected chi connectivity index (χ1v) is 8.51. The van der Waals surface area contributed by atoms with Crippen LogP contribution >= 0.6 is 11.3 Å². The smallest absolute Gasteiger partial charge is 0.134 e. The van der Waals surface area contributed by atoms with Crippen molar-refractivity contribution < 1.29 is 4.74 Å². The Balaban J connectivity index is 1.85. The zero-order valence-corrected chi connectivity index (χ0v) is 13.5.